The molecule has 1 aromatic heterocycles. The van der Waals surface area contributed by atoms with Gasteiger partial charge in [0.05, 0.1) is 18.4 Å². The minimum atomic E-state index is -0.313. The van der Waals surface area contributed by atoms with Gasteiger partial charge in [-0.15, -0.1) is 0 Å². The van der Waals surface area contributed by atoms with Gasteiger partial charge >= 0.3 is 0 Å². The Labute approximate surface area is 151 Å². The van der Waals surface area contributed by atoms with Crippen molar-refractivity contribution in [2.24, 2.45) is 0 Å². The fourth-order valence-electron chi connectivity index (χ4n) is 2.83. The predicted octanol–water partition coefficient (Wildman–Crippen LogP) is 1.60. The number of carbonyl (C=O) groups excluding carboxylic acids is 1. The van der Waals surface area contributed by atoms with Crippen molar-refractivity contribution in [2.75, 3.05) is 19.8 Å². The summed E-state index contributed by atoms with van der Waals surface area (Å²) in [7, 11) is 0. The van der Waals surface area contributed by atoms with Crippen molar-refractivity contribution in [2.45, 2.75) is 32.4 Å². The predicted molar refractivity (Wildman–Crippen MR) is 97.1 cm³/mol. The first-order valence-electron chi connectivity index (χ1n) is 8.85. The molecule has 0 radical (unpaired) electrons. The quantitative estimate of drug-likeness (QED) is 0.814. The zero-order valence-electron chi connectivity index (χ0n) is 14.8. The number of amides is 1. The van der Waals surface area contributed by atoms with Crippen LogP contribution >= 0.6 is 0 Å². The van der Waals surface area contributed by atoms with E-state index >= 15 is 0 Å². The van der Waals surface area contributed by atoms with E-state index in [1.165, 1.54) is 10.7 Å². The normalized spacial score (nSPS) is 16.4. The van der Waals surface area contributed by atoms with Crippen molar-refractivity contribution in [1.82, 2.24) is 15.1 Å². The molecule has 7 nitrogen and oxygen atoms in total. The number of hydrogen-bond acceptors (Lipinski definition) is 5. The van der Waals surface area contributed by atoms with E-state index in [4.69, 9.17) is 9.47 Å². The molecule has 3 rings (SSSR count). The highest BCUT2D eigenvalue weighted by atomic mass is 16.5. The van der Waals surface area contributed by atoms with Crippen molar-refractivity contribution >= 4 is 5.91 Å². The maximum atomic E-state index is 12.1. The molecule has 0 aliphatic carbocycles. The molecule has 26 heavy (non-hydrogen) atoms. The Morgan fingerprint density at radius 2 is 2.12 bits per heavy atom. The van der Waals surface area contributed by atoms with Crippen LogP contribution in [0.5, 0.6) is 5.75 Å². The lowest BCUT2D eigenvalue weighted by molar-refractivity contribution is -0.122. The molecule has 1 fully saturated rings. The molecule has 0 spiro atoms. The topological polar surface area (TPSA) is 82.5 Å². The van der Waals surface area contributed by atoms with Crippen molar-refractivity contribution in [1.29, 1.82) is 0 Å². The van der Waals surface area contributed by atoms with Crippen LogP contribution in [0.4, 0.5) is 0 Å². The van der Waals surface area contributed by atoms with E-state index in [1.807, 2.05) is 31.2 Å². The molecule has 1 aromatic carbocycles. The summed E-state index contributed by atoms with van der Waals surface area (Å²) >= 11 is 0. The van der Waals surface area contributed by atoms with Gasteiger partial charge in [0.2, 0.25) is 5.91 Å². The lowest BCUT2D eigenvalue weighted by Crippen LogP contribution is -2.37. The molecule has 1 amide bonds. The average Bonchev–Trinajstić information content (AvgIpc) is 3.16. The van der Waals surface area contributed by atoms with Gasteiger partial charge in [0, 0.05) is 24.8 Å². The van der Waals surface area contributed by atoms with Gasteiger partial charge in [-0.25, -0.2) is 4.68 Å². The molecule has 1 saturated heterocycles. The van der Waals surface area contributed by atoms with Crippen LogP contribution in [-0.4, -0.2) is 41.6 Å². The van der Waals surface area contributed by atoms with Gasteiger partial charge in [0.1, 0.15) is 12.3 Å². The fourth-order valence-corrected chi connectivity index (χ4v) is 2.83. The van der Waals surface area contributed by atoms with Gasteiger partial charge < -0.3 is 14.8 Å². The molecule has 1 aliphatic rings. The summed E-state index contributed by atoms with van der Waals surface area (Å²) in [6.45, 7) is 3.62. The van der Waals surface area contributed by atoms with E-state index in [1.54, 1.807) is 6.07 Å². The molecule has 0 bridgehead atoms. The fraction of sp³-hybridized carbons (Fsp3) is 0.421. The number of ether oxygens (including phenoxy) is 2. The monoisotopic (exact) mass is 357 g/mol. The van der Waals surface area contributed by atoms with Crippen LogP contribution in [0.25, 0.3) is 11.3 Å². The zero-order valence-corrected chi connectivity index (χ0v) is 14.8. The molecule has 138 valence electrons. The molecule has 2 heterocycles. The van der Waals surface area contributed by atoms with Crippen LogP contribution in [0, 0.1) is 0 Å². The highest BCUT2D eigenvalue weighted by molar-refractivity contribution is 5.75. The molecule has 1 N–H and O–H groups in total. The molecular formula is C19H23N3O4. The number of carbonyl (C=O) groups is 1. The summed E-state index contributed by atoms with van der Waals surface area (Å²) in [5.41, 5.74) is 1.16. The van der Waals surface area contributed by atoms with Crippen LogP contribution < -0.4 is 15.6 Å². The summed E-state index contributed by atoms with van der Waals surface area (Å²) in [5, 5.41) is 7.11. The van der Waals surface area contributed by atoms with E-state index in [-0.39, 0.29) is 24.1 Å². The Balaban J connectivity index is 1.66. The molecule has 1 atom stereocenters. The lowest BCUT2D eigenvalue weighted by atomic mass is 10.1. The summed E-state index contributed by atoms with van der Waals surface area (Å²) in [6.07, 6.45) is 2.04. The highest BCUT2D eigenvalue weighted by Gasteiger charge is 2.16. The van der Waals surface area contributed by atoms with Gasteiger partial charge in [-0.1, -0.05) is 0 Å². The van der Waals surface area contributed by atoms with E-state index in [2.05, 4.69) is 10.4 Å². The smallest absolute Gasteiger partial charge is 0.267 e. The average molecular weight is 357 g/mol. The lowest BCUT2D eigenvalue weighted by Gasteiger charge is -2.11. The van der Waals surface area contributed by atoms with Crippen LogP contribution in [0.2, 0.25) is 0 Å². The van der Waals surface area contributed by atoms with Gasteiger partial charge in [-0.3, -0.25) is 9.59 Å². The van der Waals surface area contributed by atoms with E-state index in [0.717, 1.165) is 30.8 Å². The number of nitrogens with zero attached hydrogens (tertiary/aromatic N) is 2. The number of hydrogen-bond donors (Lipinski definition) is 1. The maximum absolute atomic E-state index is 12.1. The van der Waals surface area contributed by atoms with Gasteiger partial charge in [-0.2, -0.15) is 5.10 Å². The van der Waals surface area contributed by atoms with Crippen molar-refractivity contribution < 1.29 is 14.3 Å². The molecular weight excluding hydrogens is 334 g/mol. The third kappa shape index (κ3) is 4.70. The maximum Gasteiger partial charge on any atom is 0.267 e. The number of aromatic nitrogens is 2. The van der Waals surface area contributed by atoms with Crippen molar-refractivity contribution in [3.05, 3.63) is 46.8 Å². The van der Waals surface area contributed by atoms with Gasteiger partial charge in [-0.05, 0) is 50.1 Å². The first kappa shape index (κ1) is 18.1. The van der Waals surface area contributed by atoms with Crippen LogP contribution in [0.1, 0.15) is 19.8 Å². The number of nitrogens with one attached hydrogen (secondary N) is 1. The minimum absolute atomic E-state index is 0.0684. The van der Waals surface area contributed by atoms with E-state index in [0.29, 0.717) is 18.8 Å². The summed E-state index contributed by atoms with van der Waals surface area (Å²) in [5.74, 6) is 0.525. The molecule has 7 heteroatoms. The Morgan fingerprint density at radius 3 is 2.81 bits per heavy atom. The Hall–Kier alpha value is -2.67. The molecule has 1 aliphatic heterocycles. The minimum Gasteiger partial charge on any atom is -0.494 e. The largest absolute Gasteiger partial charge is 0.494 e. The van der Waals surface area contributed by atoms with Crippen LogP contribution in [0.3, 0.4) is 0 Å². The zero-order chi connectivity index (χ0) is 18.4. The SMILES string of the molecule is CCOc1ccc(-c2ccc(=O)n(CC(=O)NC[C@@H]3CCCO3)n2)cc1. The first-order chi connectivity index (χ1) is 12.7. The standard InChI is InChI=1S/C19H23N3O4/c1-2-25-15-7-5-14(6-8-15)17-9-10-19(24)22(21-17)13-18(23)20-12-16-4-3-11-26-16/h5-10,16H,2-4,11-13H2,1H3,(H,20,23)/t16-/m0/s1. The van der Waals surface area contributed by atoms with Gasteiger partial charge in [0.15, 0.2) is 0 Å². The Bertz CT molecular complexity index is 795. The second-order valence-electron chi connectivity index (χ2n) is 6.11. The molecule has 0 saturated carbocycles. The Kier molecular flexibility index (Phi) is 6.01. The number of rotatable bonds is 7. The van der Waals surface area contributed by atoms with E-state index < -0.39 is 0 Å². The van der Waals surface area contributed by atoms with Crippen LogP contribution in [0.15, 0.2) is 41.2 Å². The Morgan fingerprint density at radius 1 is 1.31 bits per heavy atom. The summed E-state index contributed by atoms with van der Waals surface area (Å²) in [6, 6.07) is 10.5. The second-order valence-corrected chi connectivity index (χ2v) is 6.11. The van der Waals surface area contributed by atoms with Crippen molar-refractivity contribution in [3.63, 3.8) is 0 Å². The van der Waals surface area contributed by atoms with Crippen LogP contribution in [-0.2, 0) is 16.1 Å². The third-order valence-electron chi connectivity index (χ3n) is 4.17. The number of benzene rings is 1. The first-order valence-corrected chi connectivity index (χ1v) is 8.85. The van der Waals surface area contributed by atoms with E-state index in [9.17, 15) is 9.59 Å². The second kappa shape index (κ2) is 8.62. The summed E-state index contributed by atoms with van der Waals surface area (Å²) in [4.78, 5) is 24.1. The summed E-state index contributed by atoms with van der Waals surface area (Å²) < 4.78 is 12.1. The highest BCUT2D eigenvalue weighted by Crippen LogP contribution is 2.19. The molecule has 0 unspecified atom stereocenters. The third-order valence-corrected chi connectivity index (χ3v) is 4.17. The van der Waals surface area contributed by atoms with Gasteiger partial charge in [0.25, 0.3) is 5.56 Å². The van der Waals surface area contributed by atoms with Crippen molar-refractivity contribution in [3.8, 4) is 17.0 Å². The molecule has 2 aromatic rings.